The number of ether oxygens (including phenoxy) is 5. The third-order valence-electron chi connectivity index (χ3n) is 6.72. The van der Waals surface area contributed by atoms with E-state index in [1.54, 1.807) is 116 Å². The van der Waals surface area contributed by atoms with E-state index in [1.807, 2.05) is 0 Å². The number of benzene rings is 4. The van der Waals surface area contributed by atoms with Gasteiger partial charge in [0.25, 0.3) is 0 Å². The Hall–Kier alpha value is -5.28. The summed E-state index contributed by atoms with van der Waals surface area (Å²) in [6.45, 7) is 1.57. The first-order chi connectivity index (χ1) is 20.9. The van der Waals surface area contributed by atoms with E-state index in [2.05, 4.69) is 0 Å². The normalized spacial score (nSPS) is 21.2. The van der Waals surface area contributed by atoms with Crippen LogP contribution in [0.1, 0.15) is 48.4 Å². The van der Waals surface area contributed by atoms with Crippen LogP contribution in [-0.4, -0.2) is 54.6 Å². The molecule has 1 saturated heterocycles. The summed E-state index contributed by atoms with van der Waals surface area (Å²) in [5.74, 6) is -3.03. The van der Waals surface area contributed by atoms with Crippen molar-refractivity contribution in [1.82, 2.24) is 0 Å². The summed E-state index contributed by atoms with van der Waals surface area (Å²) in [7, 11) is 0. The van der Waals surface area contributed by atoms with Crippen molar-refractivity contribution in [2.24, 2.45) is 0 Å². The van der Waals surface area contributed by atoms with Crippen LogP contribution in [0.3, 0.4) is 0 Å². The van der Waals surface area contributed by atoms with Gasteiger partial charge in [-0.05, 0) is 55.5 Å². The molecule has 5 atom stereocenters. The van der Waals surface area contributed by atoms with Gasteiger partial charge in [-0.1, -0.05) is 72.8 Å². The molecular formula is C34H28O9. The first-order valence-electron chi connectivity index (χ1n) is 13.6. The lowest BCUT2D eigenvalue weighted by Crippen LogP contribution is -2.61. The zero-order chi connectivity index (χ0) is 30.2. The van der Waals surface area contributed by atoms with Gasteiger partial charge in [-0.25, -0.2) is 19.2 Å². The van der Waals surface area contributed by atoms with Crippen LogP contribution in [0.5, 0.6) is 0 Å². The molecule has 0 aromatic heterocycles. The zero-order valence-corrected chi connectivity index (χ0v) is 23.1. The maximum Gasteiger partial charge on any atom is 0.340 e. The fraction of sp³-hybridized carbons (Fsp3) is 0.176. The van der Waals surface area contributed by atoms with Crippen molar-refractivity contribution in [2.75, 3.05) is 0 Å². The molecule has 0 N–H and O–H groups in total. The first-order valence-corrected chi connectivity index (χ1v) is 13.6. The summed E-state index contributed by atoms with van der Waals surface area (Å²) in [5, 5.41) is 0. The van der Waals surface area contributed by atoms with E-state index in [0.717, 1.165) is 0 Å². The molecule has 1 heterocycles. The first kappa shape index (κ1) is 29.2. The van der Waals surface area contributed by atoms with Crippen molar-refractivity contribution < 1.29 is 42.9 Å². The standard InChI is InChI=1S/C34H28O9/c1-22-27(40-30(35)23-14-6-2-7-15-23)28(41-31(36)24-16-8-3-9-17-24)29(42-32(37)25-18-10-4-11-19-25)34(39-22)43-33(38)26-20-12-5-13-21-26/h2-22,27-29,34H,1H3/t22-,27-,28+,29-,34+/m0/s1. The Morgan fingerprint density at radius 2 is 0.744 bits per heavy atom. The van der Waals surface area contributed by atoms with Crippen LogP contribution in [0.4, 0.5) is 0 Å². The largest absolute Gasteiger partial charge is 0.452 e. The predicted octanol–water partition coefficient (Wildman–Crippen LogP) is 5.27. The molecule has 9 nitrogen and oxygen atoms in total. The molecule has 0 spiro atoms. The van der Waals surface area contributed by atoms with Gasteiger partial charge < -0.3 is 23.7 Å². The van der Waals surface area contributed by atoms with Crippen molar-refractivity contribution in [1.29, 1.82) is 0 Å². The number of carbonyl (C=O) groups is 4. The van der Waals surface area contributed by atoms with E-state index in [1.165, 1.54) is 12.1 Å². The molecule has 0 unspecified atom stereocenters. The zero-order valence-electron chi connectivity index (χ0n) is 23.1. The van der Waals surface area contributed by atoms with E-state index in [-0.39, 0.29) is 22.3 Å². The fourth-order valence-electron chi connectivity index (χ4n) is 4.54. The smallest absolute Gasteiger partial charge is 0.340 e. The lowest BCUT2D eigenvalue weighted by atomic mass is 9.98. The highest BCUT2D eigenvalue weighted by molar-refractivity contribution is 5.92. The van der Waals surface area contributed by atoms with E-state index in [4.69, 9.17) is 23.7 Å². The maximum absolute atomic E-state index is 13.3. The topological polar surface area (TPSA) is 114 Å². The molecule has 9 heteroatoms. The minimum absolute atomic E-state index is 0.195. The van der Waals surface area contributed by atoms with Crippen molar-refractivity contribution in [3.8, 4) is 0 Å². The monoisotopic (exact) mass is 580 g/mol. The molecule has 0 saturated carbocycles. The number of hydrogen-bond donors (Lipinski definition) is 0. The van der Waals surface area contributed by atoms with Crippen LogP contribution in [0.15, 0.2) is 121 Å². The van der Waals surface area contributed by atoms with Gasteiger partial charge in [-0.15, -0.1) is 0 Å². The van der Waals surface area contributed by atoms with E-state index < -0.39 is 54.6 Å². The molecule has 0 amide bonds. The quantitative estimate of drug-likeness (QED) is 0.203. The summed E-state index contributed by atoms with van der Waals surface area (Å²) in [6, 6.07) is 32.7. The summed E-state index contributed by atoms with van der Waals surface area (Å²) in [6.07, 6.45) is -6.67. The molecule has 4 aromatic rings. The molecule has 1 aliphatic rings. The molecule has 43 heavy (non-hydrogen) atoms. The van der Waals surface area contributed by atoms with Crippen LogP contribution in [0.2, 0.25) is 0 Å². The summed E-state index contributed by atoms with van der Waals surface area (Å²) in [5.41, 5.74) is 0.876. The van der Waals surface area contributed by atoms with Gasteiger partial charge in [-0.2, -0.15) is 0 Å². The molecule has 0 aliphatic carbocycles. The second-order valence-corrected chi connectivity index (χ2v) is 9.69. The highest BCUT2D eigenvalue weighted by Gasteiger charge is 2.53. The Morgan fingerprint density at radius 1 is 0.442 bits per heavy atom. The van der Waals surface area contributed by atoms with E-state index in [9.17, 15) is 19.2 Å². The van der Waals surface area contributed by atoms with Crippen LogP contribution >= 0.6 is 0 Å². The average molecular weight is 581 g/mol. The van der Waals surface area contributed by atoms with Gasteiger partial charge in [0.05, 0.1) is 28.4 Å². The van der Waals surface area contributed by atoms with E-state index >= 15 is 0 Å². The molecular weight excluding hydrogens is 552 g/mol. The number of hydrogen-bond acceptors (Lipinski definition) is 9. The van der Waals surface area contributed by atoms with Crippen LogP contribution < -0.4 is 0 Å². The number of rotatable bonds is 8. The molecule has 4 aromatic carbocycles. The maximum atomic E-state index is 13.3. The van der Waals surface area contributed by atoms with Gasteiger partial charge in [0, 0.05) is 0 Å². The Kier molecular flexibility index (Phi) is 9.23. The van der Waals surface area contributed by atoms with Gasteiger partial charge in [0.1, 0.15) is 0 Å². The van der Waals surface area contributed by atoms with E-state index in [0.29, 0.717) is 0 Å². The third kappa shape index (κ3) is 7.14. The fourth-order valence-corrected chi connectivity index (χ4v) is 4.54. The Bertz CT molecular complexity index is 1540. The average Bonchev–Trinajstić information content (AvgIpc) is 3.05. The highest BCUT2D eigenvalue weighted by atomic mass is 16.7. The molecule has 1 aliphatic heterocycles. The minimum atomic E-state index is -1.52. The molecule has 0 radical (unpaired) electrons. The second-order valence-electron chi connectivity index (χ2n) is 9.69. The van der Waals surface area contributed by atoms with Crippen LogP contribution in [-0.2, 0) is 23.7 Å². The Morgan fingerprint density at radius 3 is 1.12 bits per heavy atom. The number of carbonyl (C=O) groups excluding carboxylic acids is 4. The van der Waals surface area contributed by atoms with Crippen LogP contribution in [0.25, 0.3) is 0 Å². The van der Waals surface area contributed by atoms with Gasteiger partial charge >= 0.3 is 23.9 Å². The number of esters is 4. The van der Waals surface area contributed by atoms with Gasteiger partial charge in [0.15, 0.2) is 12.2 Å². The molecule has 5 rings (SSSR count). The summed E-state index contributed by atoms with van der Waals surface area (Å²) < 4.78 is 29.2. The van der Waals surface area contributed by atoms with Crippen molar-refractivity contribution in [3.63, 3.8) is 0 Å². The van der Waals surface area contributed by atoms with Crippen molar-refractivity contribution in [2.45, 2.75) is 37.6 Å². The van der Waals surface area contributed by atoms with Crippen LogP contribution in [0, 0.1) is 0 Å². The highest BCUT2D eigenvalue weighted by Crippen LogP contribution is 2.31. The Balaban J connectivity index is 1.51. The molecule has 1 fully saturated rings. The molecule has 0 bridgehead atoms. The lowest BCUT2D eigenvalue weighted by Gasteiger charge is -2.43. The van der Waals surface area contributed by atoms with Gasteiger partial charge in [0.2, 0.25) is 12.4 Å². The summed E-state index contributed by atoms with van der Waals surface area (Å²) >= 11 is 0. The SMILES string of the molecule is C[C@@H]1O[C@H](OC(=O)c2ccccc2)[C@@H](OC(=O)c2ccccc2)[C@H](OC(=O)c2ccccc2)[C@H]1OC(=O)c1ccccc1. The van der Waals surface area contributed by atoms with Gasteiger partial charge in [-0.3, -0.25) is 0 Å². The summed E-state index contributed by atoms with van der Waals surface area (Å²) in [4.78, 5) is 52.8. The third-order valence-corrected chi connectivity index (χ3v) is 6.72. The van der Waals surface area contributed by atoms with Crippen molar-refractivity contribution in [3.05, 3.63) is 144 Å². The lowest BCUT2D eigenvalue weighted by molar-refractivity contribution is -0.274. The predicted molar refractivity (Wildman–Crippen MR) is 153 cm³/mol. The minimum Gasteiger partial charge on any atom is -0.452 e. The Labute approximate surface area is 247 Å². The van der Waals surface area contributed by atoms with Crippen molar-refractivity contribution >= 4 is 23.9 Å². The second kappa shape index (κ2) is 13.6. The molecule has 218 valence electrons.